The van der Waals surface area contributed by atoms with Gasteiger partial charge in [-0.05, 0) is 30.9 Å². The van der Waals surface area contributed by atoms with Crippen LogP contribution < -0.4 is 5.32 Å². The number of nitrogens with zero attached hydrogens (tertiary/aromatic N) is 2. The Hall–Kier alpha value is -1.95. The fourth-order valence-electron chi connectivity index (χ4n) is 3.63. The lowest BCUT2D eigenvalue weighted by molar-refractivity contribution is -0.133. The van der Waals surface area contributed by atoms with Crippen LogP contribution in [0.5, 0.6) is 0 Å². The Morgan fingerprint density at radius 2 is 2.08 bits per heavy atom. The Labute approximate surface area is 149 Å². The first-order chi connectivity index (χ1) is 12.2. The van der Waals surface area contributed by atoms with Crippen LogP contribution in [-0.2, 0) is 14.4 Å². The molecule has 1 N–H and O–H groups in total. The van der Waals surface area contributed by atoms with Gasteiger partial charge in [0.25, 0.3) is 5.91 Å². The van der Waals surface area contributed by atoms with E-state index in [0.717, 1.165) is 37.0 Å². The number of carbonyl (C=O) groups is 1. The Bertz CT molecular complexity index is 601. The van der Waals surface area contributed by atoms with E-state index in [1.165, 1.54) is 0 Å². The molecule has 136 valence electrons. The Morgan fingerprint density at radius 1 is 1.32 bits per heavy atom. The molecule has 0 spiro atoms. The predicted octanol–water partition coefficient (Wildman–Crippen LogP) is 2.67. The second-order valence-corrected chi connectivity index (χ2v) is 6.79. The minimum absolute atomic E-state index is 0.0806. The highest BCUT2D eigenvalue weighted by atomic mass is 16.6. The summed E-state index contributed by atoms with van der Waals surface area (Å²) in [6.45, 7) is 5.10. The summed E-state index contributed by atoms with van der Waals surface area (Å²) in [6, 6.07) is 3.91. The first-order valence-electron chi connectivity index (χ1n) is 9.26. The molecule has 0 radical (unpaired) electrons. The van der Waals surface area contributed by atoms with Crippen molar-refractivity contribution in [3.8, 4) is 0 Å². The monoisotopic (exact) mass is 345 g/mol. The van der Waals surface area contributed by atoms with Crippen molar-refractivity contribution >= 4 is 11.6 Å². The van der Waals surface area contributed by atoms with Gasteiger partial charge in [0, 0.05) is 37.0 Å². The van der Waals surface area contributed by atoms with E-state index in [1.54, 1.807) is 12.4 Å². The van der Waals surface area contributed by atoms with Gasteiger partial charge in [-0.25, -0.2) is 0 Å². The van der Waals surface area contributed by atoms with Gasteiger partial charge in [-0.2, -0.15) is 0 Å². The molecule has 1 aromatic heterocycles. The first-order valence-corrected chi connectivity index (χ1v) is 9.26. The Kier molecular flexibility index (Phi) is 6.02. The van der Waals surface area contributed by atoms with Crippen molar-refractivity contribution < 1.29 is 14.4 Å². The third-order valence-electron chi connectivity index (χ3n) is 5.21. The summed E-state index contributed by atoms with van der Waals surface area (Å²) in [6.07, 6.45) is 7.56. The lowest BCUT2D eigenvalue weighted by atomic mass is 9.89. The minimum atomic E-state index is -0.544. The Morgan fingerprint density at radius 3 is 2.80 bits per heavy atom. The molecule has 3 atom stereocenters. The number of pyridine rings is 1. The van der Waals surface area contributed by atoms with E-state index in [4.69, 9.17) is 9.57 Å². The number of rotatable bonds is 6. The Balaban J connectivity index is 1.51. The number of oxime groups is 1. The van der Waals surface area contributed by atoms with Gasteiger partial charge in [-0.3, -0.25) is 9.78 Å². The quantitative estimate of drug-likeness (QED) is 0.860. The second-order valence-electron chi connectivity index (χ2n) is 6.79. The number of ether oxygens (including phenoxy) is 1. The highest BCUT2D eigenvalue weighted by Crippen LogP contribution is 2.25. The van der Waals surface area contributed by atoms with Gasteiger partial charge >= 0.3 is 0 Å². The summed E-state index contributed by atoms with van der Waals surface area (Å²) in [5.41, 5.74) is 1.74. The second kappa shape index (κ2) is 8.43. The summed E-state index contributed by atoms with van der Waals surface area (Å²) in [5.74, 6) is 0.479. The van der Waals surface area contributed by atoms with Crippen LogP contribution in [0.4, 0.5) is 0 Å². The lowest BCUT2D eigenvalue weighted by Gasteiger charge is -2.34. The molecule has 1 saturated heterocycles. The molecule has 1 aromatic rings. The van der Waals surface area contributed by atoms with Gasteiger partial charge in [0.1, 0.15) is 0 Å². The molecule has 2 aliphatic heterocycles. The fourth-order valence-corrected chi connectivity index (χ4v) is 3.63. The highest BCUT2D eigenvalue weighted by molar-refractivity contribution is 6.03. The average Bonchev–Trinajstić information content (AvgIpc) is 3.14. The molecule has 3 heterocycles. The molecule has 0 saturated carbocycles. The molecule has 0 unspecified atom stereocenters. The summed E-state index contributed by atoms with van der Waals surface area (Å²) in [7, 11) is 0. The smallest absolute Gasteiger partial charge is 0.264 e. The van der Waals surface area contributed by atoms with Gasteiger partial charge in [-0.1, -0.05) is 31.8 Å². The van der Waals surface area contributed by atoms with Crippen molar-refractivity contribution in [2.24, 2.45) is 11.1 Å². The van der Waals surface area contributed by atoms with Crippen LogP contribution in [0, 0.1) is 5.92 Å². The minimum Gasteiger partial charge on any atom is -0.382 e. The van der Waals surface area contributed by atoms with E-state index < -0.39 is 6.10 Å². The predicted molar refractivity (Wildman–Crippen MR) is 95.2 cm³/mol. The van der Waals surface area contributed by atoms with Crippen LogP contribution in [0.15, 0.2) is 29.7 Å². The number of aromatic nitrogens is 1. The van der Waals surface area contributed by atoms with Crippen LogP contribution in [0.1, 0.15) is 51.5 Å². The van der Waals surface area contributed by atoms with Gasteiger partial charge in [0.2, 0.25) is 6.10 Å². The van der Waals surface area contributed by atoms with Crippen molar-refractivity contribution in [1.82, 2.24) is 10.3 Å². The number of hydrogen-bond acceptors (Lipinski definition) is 5. The van der Waals surface area contributed by atoms with E-state index in [0.29, 0.717) is 18.9 Å². The molecule has 6 heteroatoms. The van der Waals surface area contributed by atoms with Crippen molar-refractivity contribution in [1.29, 1.82) is 0 Å². The van der Waals surface area contributed by atoms with E-state index in [-0.39, 0.29) is 18.1 Å². The molecule has 3 rings (SSSR count). The van der Waals surface area contributed by atoms with Crippen molar-refractivity contribution in [2.45, 2.75) is 64.2 Å². The summed E-state index contributed by atoms with van der Waals surface area (Å²) in [4.78, 5) is 21.9. The maximum absolute atomic E-state index is 12.5. The summed E-state index contributed by atoms with van der Waals surface area (Å²) in [5, 5.41) is 7.21. The zero-order valence-corrected chi connectivity index (χ0v) is 15.0. The van der Waals surface area contributed by atoms with Gasteiger partial charge in [0.05, 0.1) is 11.8 Å². The van der Waals surface area contributed by atoms with Crippen molar-refractivity contribution in [3.63, 3.8) is 0 Å². The van der Waals surface area contributed by atoms with Crippen molar-refractivity contribution in [3.05, 3.63) is 30.1 Å². The molecule has 2 aliphatic rings. The molecule has 6 nitrogen and oxygen atoms in total. The third kappa shape index (κ3) is 4.37. The highest BCUT2D eigenvalue weighted by Gasteiger charge is 2.33. The molecular weight excluding hydrogens is 318 g/mol. The first kappa shape index (κ1) is 17.9. The third-order valence-corrected chi connectivity index (χ3v) is 5.21. The fraction of sp³-hybridized carbons (Fsp3) is 0.632. The van der Waals surface area contributed by atoms with Gasteiger partial charge in [0.15, 0.2) is 0 Å². The van der Waals surface area contributed by atoms with Gasteiger partial charge in [-0.15, -0.1) is 0 Å². The van der Waals surface area contributed by atoms with E-state index in [9.17, 15) is 4.79 Å². The SMILES string of the molecule is CCC(CC)[C@@H]1C[C@@H](NC(=O)[C@H]2CC(c3ccncc3)=NO2)CCO1. The molecule has 25 heavy (non-hydrogen) atoms. The summed E-state index contributed by atoms with van der Waals surface area (Å²) < 4.78 is 5.92. The van der Waals surface area contributed by atoms with Crippen LogP contribution in [0.25, 0.3) is 0 Å². The van der Waals surface area contributed by atoms with Gasteiger partial charge < -0.3 is 14.9 Å². The van der Waals surface area contributed by atoms with E-state index in [1.807, 2.05) is 12.1 Å². The molecule has 1 fully saturated rings. The number of hydrogen-bond donors (Lipinski definition) is 1. The van der Waals surface area contributed by atoms with Crippen LogP contribution in [-0.4, -0.2) is 41.5 Å². The average molecular weight is 345 g/mol. The number of nitrogens with one attached hydrogen (secondary N) is 1. The molecule has 0 aromatic carbocycles. The number of carbonyl (C=O) groups excluding carboxylic acids is 1. The van der Waals surface area contributed by atoms with E-state index >= 15 is 0 Å². The lowest BCUT2D eigenvalue weighted by Crippen LogP contribution is -2.47. The van der Waals surface area contributed by atoms with Crippen LogP contribution in [0.2, 0.25) is 0 Å². The zero-order valence-electron chi connectivity index (χ0n) is 15.0. The maximum atomic E-state index is 12.5. The van der Waals surface area contributed by atoms with Crippen molar-refractivity contribution in [2.75, 3.05) is 6.61 Å². The molecule has 0 bridgehead atoms. The molecular formula is C19H27N3O3. The van der Waals surface area contributed by atoms with Crippen LogP contribution >= 0.6 is 0 Å². The largest absolute Gasteiger partial charge is 0.382 e. The standard InChI is InChI=1S/C19H27N3O3/c1-3-13(4-2)17-11-15(7-10-24-17)21-19(23)18-12-16(22-25-18)14-5-8-20-9-6-14/h5-6,8-9,13,15,17-18H,3-4,7,10-12H2,1-2H3,(H,21,23)/t15-,17-,18+/m0/s1. The maximum Gasteiger partial charge on any atom is 0.264 e. The topological polar surface area (TPSA) is 72.8 Å². The summed E-state index contributed by atoms with van der Waals surface area (Å²) >= 11 is 0. The van der Waals surface area contributed by atoms with E-state index in [2.05, 4.69) is 29.3 Å². The molecule has 0 aliphatic carbocycles. The molecule has 1 amide bonds. The normalized spacial score (nSPS) is 26.2. The van der Waals surface area contributed by atoms with Crippen LogP contribution in [0.3, 0.4) is 0 Å². The number of amides is 1. The zero-order chi connectivity index (χ0) is 17.6.